The van der Waals surface area contributed by atoms with Crippen LogP contribution in [0.15, 0.2) is 38.8 Å². The Labute approximate surface area is 101 Å². The van der Waals surface area contributed by atoms with E-state index < -0.39 is 11.4 Å². The van der Waals surface area contributed by atoms with Gasteiger partial charge in [-0.25, -0.2) is 28.3 Å². The van der Waals surface area contributed by atoms with E-state index in [1.807, 2.05) is 0 Å². The average molecular weight is 246 g/mol. The summed E-state index contributed by atoms with van der Waals surface area (Å²) in [4.78, 5) is 37.2. The van der Waals surface area contributed by atoms with Crippen LogP contribution >= 0.6 is 0 Å². The minimum Gasteiger partial charge on any atom is -0.246 e. The van der Waals surface area contributed by atoms with E-state index in [0.717, 1.165) is 4.57 Å². The zero-order chi connectivity index (χ0) is 13.3. The maximum Gasteiger partial charge on any atom is 0.351 e. The Balaban J connectivity index is 2.63. The predicted molar refractivity (Wildman–Crippen MR) is 64.0 cm³/mol. The molecule has 2 rings (SSSR count). The molecule has 1 aromatic carbocycles. The van der Waals surface area contributed by atoms with E-state index in [0.29, 0.717) is 11.4 Å². The number of hydrogen-bond acceptors (Lipinski definition) is 4. The zero-order valence-corrected chi connectivity index (χ0v) is 9.82. The van der Waals surface area contributed by atoms with Gasteiger partial charge in [-0.2, -0.15) is 4.99 Å². The summed E-state index contributed by atoms with van der Waals surface area (Å²) in [6.45, 7) is 0. The molecular weight excluding hydrogens is 236 g/mol. The number of nitrogens with zero attached hydrogens (tertiary/aromatic N) is 4. The molecule has 0 saturated heterocycles. The van der Waals surface area contributed by atoms with E-state index in [-0.39, 0.29) is 0 Å². The van der Waals surface area contributed by atoms with E-state index in [9.17, 15) is 14.4 Å². The van der Waals surface area contributed by atoms with Crippen molar-refractivity contribution >= 4 is 11.8 Å². The molecule has 0 fully saturated rings. The molecule has 0 aliphatic rings. The molecule has 0 aliphatic carbocycles. The molecule has 0 amide bonds. The van der Waals surface area contributed by atoms with E-state index in [1.54, 1.807) is 12.1 Å². The number of carbonyl (C=O) groups excluding carboxylic acids is 1. The number of hydrogen-bond donors (Lipinski definition) is 0. The number of aromatic nitrogens is 3. The summed E-state index contributed by atoms with van der Waals surface area (Å²) in [6, 6.07) is 6.14. The fraction of sp³-hybridized carbons (Fsp3) is 0.182. The molecular formula is C11H10N4O3. The van der Waals surface area contributed by atoms with Crippen molar-refractivity contribution < 1.29 is 4.79 Å². The molecule has 0 unspecified atom stereocenters. The van der Waals surface area contributed by atoms with Crippen LogP contribution in [0.4, 0.5) is 5.69 Å². The molecule has 1 heterocycles. The number of rotatable bonds is 2. The lowest BCUT2D eigenvalue weighted by atomic mass is 10.3. The highest BCUT2D eigenvalue weighted by Crippen LogP contribution is 2.13. The monoisotopic (exact) mass is 246 g/mol. The van der Waals surface area contributed by atoms with Crippen LogP contribution in [0.25, 0.3) is 5.69 Å². The van der Waals surface area contributed by atoms with Crippen molar-refractivity contribution in [3.05, 3.63) is 45.2 Å². The normalized spacial score (nSPS) is 10.1. The molecule has 1 aromatic heterocycles. The first-order chi connectivity index (χ1) is 8.56. The summed E-state index contributed by atoms with van der Waals surface area (Å²) < 4.78 is 3.45. The molecule has 0 aliphatic heterocycles. The van der Waals surface area contributed by atoms with Crippen molar-refractivity contribution in [3.8, 4) is 5.69 Å². The first-order valence-electron chi connectivity index (χ1n) is 5.09. The predicted octanol–water partition coefficient (Wildman–Crippen LogP) is -0.158. The molecule has 0 bridgehead atoms. The van der Waals surface area contributed by atoms with Crippen LogP contribution in [0, 0.1) is 0 Å². The second kappa shape index (κ2) is 4.31. The maximum absolute atomic E-state index is 11.8. The number of benzene rings is 1. The van der Waals surface area contributed by atoms with Crippen molar-refractivity contribution in [1.82, 2.24) is 13.9 Å². The van der Waals surface area contributed by atoms with Gasteiger partial charge in [0.1, 0.15) is 0 Å². The first kappa shape index (κ1) is 11.8. The average Bonchev–Trinajstić information content (AvgIpc) is 2.56. The van der Waals surface area contributed by atoms with E-state index in [2.05, 4.69) is 4.99 Å². The lowest BCUT2D eigenvalue weighted by Gasteiger charge is -1.98. The molecule has 7 heteroatoms. The Morgan fingerprint density at radius 1 is 1.00 bits per heavy atom. The van der Waals surface area contributed by atoms with E-state index >= 15 is 0 Å². The highest BCUT2D eigenvalue weighted by molar-refractivity contribution is 5.51. The smallest absolute Gasteiger partial charge is 0.246 e. The van der Waals surface area contributed by atoms with Crippen LogP contribution in [0.5, 0.6) is 0 Å². The zero-order valence-electron chi connectivity index (χ0n) is 9.82. The number of isocyanates is 1. The lowest BCUT2D eigenvalue weighted by molar-refractivity contribution is 0.565. The second-order valence-electron chi connectivity index (χ2n) is 3.67. The summed E-state index contributed by atoms with van der Waals surface area (Å²) in [5.41, 5.74) is -0.0381. The van der Waals surface area contributed by atoms with Crippen molar-refractivity contribution in [2.75, 3.05) is 0 Å². The standard InChI is InChI=1S/C11H10N4O3/c1-13-10(17)15(11(18)14(13)2)9-5-3-8(4-6-9)12-7-16/h3-6H,1-2H3. The van der Waals surface area contributed by atoms with Gasteiger partial charge in [0, 0.05) is 14.1 Å². The molecule has 0 radical (unpaired) electrons. The second-order valence-corrected chi connectivity index (χ2v) is 3.67. The SMILES string of the molecule is Cn1c(=O)n(-c2ccc(N=C=O)cc2)c(=O)n1C. The van der Waals surface area contributed by atoms with Crippen LogP contribution in [0.3, 0.4) is 0 Å². The minimum absolute atomic E-state index is 0.412. The first-order valence-corrected chi connectivity index (χ1v) is 5.09. The van der Waals surface area contributed by atoms with Crippen molar-refractivity contribution in [1.29, 1.82) is 0 Å². The Morgan fingerprint density at radius 2 is 1.50 bits per heavy atom. The van der Waals surface area contributed by atoms with Crippen LogP contribution in [0.2, 0.25) is 0 Å². The molecule has 2 aromatic rings. The molecule has 92 valence electrons. The molecule has 0 saturated carbocycles. The van der Waals surface area contributed by atoms with Gasteiger partial charge in [0.15, 0.2) is 0 Å². The van der Waals surface area contributed by atoms with Crippen LogP contribution < -0.4 is 11.4 Å². The van der Waals surface area contributed by atoms with Crippen LogP contribution in [-0.4, -0.2) is 20.0 Å². The van der Waals surface area contributed by atoms with Gasteiger partial charge in [-0.15, -0.1) is 0 Å². The van der Waals surface area contributed by atoms with Gasteiger partial charge in [-0.3, -0.25) is 0 Å². The lowest BCUT2D eigenvalue weighted by Crippen LogP contribution is -2.26. The quantitative estimate of drug-likeness (QED) is 0.545. The van der Waals surface area contributed by atoms with Gasteiger partial charge >= 0.3 is 11.4 Å². The van der Waals surface area contributed by atoms with Gasteiger partial charge in [-0.1, -0.05) is 0 Å². The van der Waals surface area contributed by atoms with Crippen LogP contribution in [0.1, 0.15) is 0 Å². The molecule has 0 atom stereocenters. The van der Waals surface area contributed by atoms with Gasteiger partial charge in [0.25, 0.3) is 0 Å². The Kier molecular flexibility index (Phi) is 2.83. The van der Waals surface area contributed by atoms with Crippen molar-refractivity contribution in [3.63, 3.8) is 0 Å². The van der Waals surface area contributed by atoms with Crippen LogP contribution in [-0.2, 0) is 18.9 Å². The van der Waals surface area contributed by atoms with Crippen molar-refractivity contribution in [2.45, 2.75) is 0 Å². The third-order valence-corrected chi connectivity index (χ3v) is 2.67. The van der Waals surface area contributed by atoms with Gasteiger partial charge in [-0.05, 0) is 24.3 Å². The topological polar surface area (TPSA) is 78.4 Å². The largest absolute Gasteiger partial charge is 0.351 e. The summed E-state index contributed by atoms with van der Waals surface area (Å²) in [5.74, 6) is 0. The summed E-state index contributed by atoms with van der Waals surface area (Å²) in [5, 5.41) is 0. The third-order valence-electron chi connectivity index (χ3n) is 2.67. The molecule has 0 N–H and O–H groups in total. The maximum atomic E-state index is 11.8. The summed E-state index contributed by atoms with van der Waals surface area (Å²) in [6.07, 6.45) is 1.42. The highest BCUT2D eigenvalue weighted by Gasteiger charge is 2.11. The van der Waals surface area contributed by atoms with Crippen molar-refractivity contribution in [2.24, 2.45) is 19.1 Å². The molecule has 0 spiro atoms. The Bertz CT molecular complexity index is 709. The number of aliphatic imine (C=N–C) groups is 1. The van der Waals surface area contributed by atoms with Gasteiger partial charge in [0.2, 0.25) is 6.08 Å². The third kappa shape index (κ3) is 1.72. The van der Waals surface area contributed by atoms with E-state index in [1.165, 1.54) is 41.7 Å². The fourth-order valence-electron chi connectivity index (χ4n) is 1.58. The van der Waals surface area contributed by atoms with E-state index in [4.69, 9.17) is 0 Å². The summed E-state index contributed by atoms with van der Waals surface area (Å²) >= 11 is 0. The van der Waals surface area contributed by atoms with Gasteiger partial charge in [0.05, 0.1) is 11.4 Å². The fourth-order valence-corrected chi connectivity index (χ4v) is 1.58. The molecule has 7 nitrogen and oxygen atoms in total. The minimum atomic E-state index is -0.436. The molecule has 18 heavy (non-hydrogen) atoms. The Morgan fingerprint density at radius 3 is 1.94 bits per heavy atom. The highest BCUT2D eigenvalue weighted by atomic mass is 16.2. The Hall–Kier alpha value is -2.66. The van der Waals surface area contributed by atoms with Gasteiger partial charge < -0.3 is 0 Å². The summed E-state index contributed by atoms with van der Waals surface area (Å²) in [7, 11) is 3.01.